The van der Waals surface area contributed by atoms with Crippen molar-refractivity contribution in [3.63, 3.8) is 0 Å². The van der Waals surface area contributed by atoms with E-state index in [0.717, 1.165) is 0 Å². The van der Waals surface area contributed by atoms with Crippen molar-refractivity contribution in [2.45, 2.75) is 0 Å². The van der Waals surface area contributed by atoms with Crippen molar-refractivity contribution in [2.75, 3.05) is 0 Å². The van der Waals surface area contributed by atoms with Gasteiger partial charge in [0.2, 0.25) is 0 Å². The molecule has 0 rings (SSSR count). The molecule has 0 aliphatic carbocycles. The van der Waals surface area contributed by atoms with Gasteiger partial charge in [-0.25, -0.2) is 0 Å². The molecule has 0 saturated carbocycles. The van der Waals surface area contributed by atoms with Crippen molar-refractivity contribution in [1.82, 2.24) is 0 Å². The predicted molar refractivity (Wildman–Crippen MR) is 9.76 cm³/mol. The first-order valence-corrected chi connectivity index (χ1v) is 4.63. The van der Waals surface area contributed by atoms with Gasteiger partial charge >= 0.3 is 32.0 Å². The summed E-state index contributed by atoms with van der Waals surface area (Å²) in [5.41, 5.74) is 0. The monoisotopic (exact) mass is 194 g/mol. The predicted octanol–water partition coefficient (Wildman–Crippen LogP) is 0.761. The van der Waals surface area contributed by atoms with Crippen molar-refractivity contribution < 1.29 is 11.5 Å². The molecule has 5 heteroatoms. The topological polar surface area (TPSA) is 17.1 Å². The van der Waals surface area contributed by atoms with Crippen molar-refractivity contribution >= 4 is 20.5 Å². The van der Waals surface area contributed by atoms with E-state index in [1.54, 1.807) is 0 Å². The maximum atomic E-state index is 10.00. The van der Waals surface area contributed by atoms with Gasteiger partial charge < -0.3 is 0 Å². The Morgan fingerprint density at radius 1 is 1.20 bits per heavy atom. The molecular formula is F3OSb. The molecule has 0 aliphatic heterocycles. The normalized spacial score (nSPS) is 11.8. The summed E-state index contributed by atoms with van der Waals surface area (Å²) < 4.78 is 38.3. The Kier molecular flexibility index (Phi) is 1.35. The van der Waals surface area contributed by atoms with Crippen LogP contribution in [0.5, 0.6) is 0 Å². The first-order valence-electron chi connectivity index (χ1n) is 0.690. The number of halogens is 3. The molecule has 0 saturated heterocycles. The van der Waals surface area contributed by atoms with Crippen LogP contribution in [-0.4, -0.2) is 20.5 Å². The molecule has 0 radical (unpaired) electrons. The summed E-state index contributed by atoms with van der Waals surface area (Å²) in [6.45, 7) is 0. The number of rotatable bonds is 0. The third kappa shape index (κ3) is 153. The summed E-state index contributed by atoms with van der Waals surface area (Å²) in [6.07, 6.45) is 0. The van der Waals surface area contributed by atoms with Crippen molar-refractivity contribution in [2.24, 2.45) is 0 Å². The molecule has 1 nitrogen and oxygen atoms in total. The molecule has 5 heavy (non-hydrogen) atoms. The fourth-order valence-electron chi connectivity index (χ4n) is 0. The van der Waals surface area contributed by atoms with E-state index >= 15 is 0 Å². The van der Waals surface area contributed by atoms with Crippen LogP contribution in [0.2, 0.25) is 0 Å². The third-order valence-electron chi connectivity index (χ3n) is 0. The quantitative estimate of drug-likeness (QED) is 0.521. The summed E-state index contributed by atoms with van der Waals surface area (Å²) in [5.74, 6) is 0. The van der Waals surface area contributed by atoms with E-state index in [1.165, 1.54) is 0 Å². The van der Waals surface area contributed by atoms with Crippen LogP contribution < -0.4 is 0 Å². The Labute approximate surface area is 32.6 Å². The Morgan fingerprint density at radius 2 is 1.20 bits per heavy atom. The molecule has 0 aromatic heterocycles. The van der Waals surface area contributed by atoms with E-state index in [1.807, 2.05) is 0 Å². The summed E-state index contributed by atoms with van der Waals surface area (Å²) in [6, 6.07) is 0. The van der Waals surface area contributed by atoms with Crippen LogP contribution >= 0.6 is 0 Å². The van der Waals surface area contributed by atoms with Gasteiger partial charge in [0, 0.05) is 0 Å². The van der Waals surface area contributed by atoms with Gasteiger partial charge in [-0.3, -0.25) is 0 Å². The standard InChI is InChI=1S/3FH.O.Sb/h3*1H;;/q;;;;+3/p-3. The molecule has 0 aromatic carbocycles. The van der Waals surface area contributed by atoms with Crippen LogP contribution in [0, 0.1) is 0 Å². The summed E-state index contributed by atoms with van der Waals surface area (Å²) in [5, 5.41) is 0. The van der Waals surface area contributed by atoms with E-state index in [9.17, 15) is 8.44 Å². The fourth-order valence-corrected chi connectivity index (χ4v) is 0. The number of hydrogen-bond donors (Lipinski definition) is 0. The molecule has 0 aromatic rings. The molecule has 0 amide bonds. The van der Waals surface area contributed by atoms with Gasteiger partial charge in [0.05, 0.1) is 0 Å². The SMILES string of the molecule is [O]=[Sb]([F])([F])[F]. The van der Waals surface area contributed by atoms with Gasteiger partial charge in [0.1, 0.15) is 0 Å². The number of hydrogen-bond acceptors (Lipinski definition) is 1. The minimum atomic E-state index is -6.85. The van der Waals surface area contributed by atoms with E-state index in [-0.39, 0.29) is 0 Å². The molecule has 0 bridgehead atoms. The maximum absolute atomic E-state index is 10.00. The summed E-state index contributed by atoms with van der Waals surface area (Å²) in [4.78, 5) is 0. The zero-order valence-corrected chi connectivity index (χ0v) is 4.54. The molecule has 0 unspecified atom stereocenters. The second-order valence-electron chi connectivity index (χ2n) is 0.399. The summed E-state index contributed by atoms with van der Waals surface area (Å²) >= 11 is -6.85. The Bertz CT molecular complexity index is 53.0. The van der Waals surface area contributed by atoms with Crippen LogP contribution in [0.1, 0.15) is 0 Å². The van der Waals surface area contributed by atoms with Crippen molar-refractivity contribution in [3.05, 3.63) is 0 Å². The first-order chi connectivity index (χ1) is 2.00. The van der Waals surface area contributed by atoms with Gasteiger partial charge in [-0.2, -0.15) is 0 Å². The molecule has 32 valence electrons. The van der Waals surface area contributed by atoms with Crippen LogP contribution in [-0.2, 0) is 3.02 Å². The Hall–Kier alpha value is 0.408. The zero-order valence-electron chi connectivity index (χ0n) is 1.99. The average molecular weight is 195 g/mol. The molecule has 0 N–H and O–H groups in total. The van der Waals surface area contributed by atoms with E-state index in [0.29, 0.717) is 0 Å². The Balaban J connectivity index is 3.47. The molecular weight excluding hydrogens is 195 g/mol. The minimum absolute atomic E-state index is 6.85. The van der Waals surface area contributed by atoms with Gasteiger partial charge in [-0.1, -0.05) is 0 Å². The molecule has 0 atom stereocenters. The van der Waals surface area contributed by atoms with E-state index < -0.39 is 20.5 Å². The third-order valence-corrected chi connectivity index (χ3v) is 0. The summed E-state index contributed by atoms with van der Waals surface area (Å²) in [7, 11) is 0. The van der Waals surface area contributed by atoms with Crippen LogP contribution in [0.25, 0.3) is 0 Å². The van der Waals surface area contributed by atoms with Gasteiger partial charge in [0.25, 0.3) is 0 Å². The average Bonchev–Trinajstić information content (AvgIpc) is 0.722. The first kappa shape index (κ1) is 5.41. The fraction of sp³-hybridized carbons (Fsp3) is 0. The van der Waals surface area contributed by atoms with E-state index in [4.69, 9.17) is 3.02 Å². The van der Waals surface area contributed by atoms with Crippen molar-refractivity contribution in [1.29, 1.82) is 0 Å². The van der Waals surface area contributed by atoms with Gasteiger partial charge in [-0.15, -0.1) is 0 Å². The zero-order chi connectivity index (χ0) is 4.50. The van der Waals surface area contributed by atoms with Crippen LogP contribution in [0.15, 0.2) is 0 Å². The van der Waals surface area contributed by atoms with Gasteiger partial charge in [-0.05, 0) is 0 Å². The van der Waals surface area contributed by atoms with Gasteiger partial charge in [0.15, 0.2) is 0 Å². The van der Waals surface area contributed by atoms with E-state index in [2.05, 4.69) is 0 Å². The Morgan fingerprint density at radius 3 is 1.20 bits per heavy atom. The molecule has 0 fully saturated rings. The molecule has 0 spiro atoms. The van der Waals surface area contributed by atoms with Crippen LogP contribution in [0.4, 0.5) is 8.44 Å². The molecule has 0 heterocycles. The second kappa shape index (κ2) is 1.25. The molecule has 0 aliphatic rings. The van der Waals surface area contributed by atoms with Crippen LogP contribution in [0.3, 0.4) is 0 Å². The van der Waals surface area contributed by atoms with Crippen molar-refractivity contribution in [3.8, 4) is 0 Å². The second-order valence-corrected chi connectivity index (χ2v) is 2.67.